The molecule has 1 N–H and O–H groups in total. The second-order valence-electron chi connectivity index (χ2n) is 4.60. The molecule has 0 aliphatic carbocycles. The average Bonchev–Trinajstić information content (AvgIpc) is 3.09. The fourth-order valence-corrected chi connectivity index (χ4v) is 2.96. The minimum absolute atomic E-state index is 0.0139. The van der Waals surface area contributed by atoms with Gasteiger partial charge in [-0.3, -0.25) is 4.79 Å². The maximum Gasteiger partial charge on any atom is 0.273 e. The fraction of sp³-hybridized carbons (Fsp3) is 0.385. The van der Waals surface area contributed by atoms with Crippen LogP contribution in [0, 0.1) is 0 Å². The topological polar surface area (TPSA) is 58.4 Å². The summed E-state index contributed by atoms with van der Waals surface area (Å²) in [5, 5.41) is 5.91. The molecule has 0 spiro atoms. The number of furan rings is 1. The van der Waals surface area contributed by atoms with Gasteiger partial charge in [-0.25, -0.2) is 4.98 Å². The fourth-order valence-electron chi connectivity index (χ4n) is 2.18. The zero-order valence-corrected chi connectivity index (χ0v) is 11.4. The lowest BCUT2D eigenvalue weighted by Gasteiger charge is -2.33. The monoisotopic (exact) mass is 277 g/mol. The molecule has 0 bridgehead atoms. The molecule has 1 atom stereocenters. The molecule has 5 nitrogen and oxygen atoms in total. The van der Waals surface area contributed by atoms with Crippen molar-refractivity contribution >= 4 is 17.2 Å². The van der Waals surface area contributed by atoms with Gasteiger partial charge in [0.2, 0.25) is 0 Å². The standard InChI is InChI=1S/C13H15N3O2S/c1-9-6-14-3-4-16(9)13(17)11-8-19-12(15-11)10-2-5-18-7-10/h2,5,7-9,14H,3-4,6H2,1H3/t9-/m1/s1. The quantitative estimate of drug-likeness (QED) is 0.910. The zero-order valence-electron chi connectivity index (χ0n) is 10.6. The lowest BCUT2D eigenvalue weighted by Crippen LogP contribution is -2.52. The number of carbonyl (C=O) groups is 1. The van der Waals surface area contributed by atoms with E-state index < -0.39 is 0 Å². The molecule has 0 saturated carbocycles. The van der Waals surface area contributed by atoms with Crippen LogP contribution >= 0.6 is 11.3 Å². The number of hydrogen-bond donors (Lipinski definition) is 1. The van der Waals surface area contributed by atoms with Crippen LogP contribution in [0.4, 0.5) is 0 Å². The van der Waals surface area contributed by atoms with E-state index in [-0.39, 0.29) is 11.9 Å². The molecule has 3 rings (SSSR count). The molecule has 6 heteroatoms. The van der Waals surface area contributed by atoms with Gasteiger partial charge in [-0.15, -0.1) is 11.3 Å². The number of nitrogens with one attached hydrogen (secondary N) is 1. The Kier molecular flexibility index (Phi) is 3.35. The van der Waals surface area contributed by atoms with Crippen molar-refractivity contribution in [2.45, 2.75) is 13.0 Å². The van der Waals surface area contributed by atoms with Gasteiger partial charge in [0.15, 0.2) is 0 Å². The molecule has 1 aliphatic heterocycles. The highest BCUT2D eigenvalue weighted by Crippen LogP contribution is 2.24. The summed E-state index contributed by atoms with van der Waals surface area (Å²) in [4.78, 5) is 18.7. The Balaban J connectivity index is 1.80. The molecule has 1 fully saturated rings. The van der Waals surface area contributed by atoms with Crippen molar-refractivity contribution in [2.24, 2.45) is 0 Å². The molecule has 2 aromatic heterocycles. The van der Waals surface area contributed by atoms with Crippen molar-refractivity contribution in [1.29, 1.82) is 0 Å². The van der Waals surface area contributed by atoms with Crippen molar-refractivity contribution in [1.82, 2.24) is 15.2 Å². The van der Waals surface area contributed by atoms with Crippen LogP contribution in [0.3, 0.4) is 0 Å². The van der Waals surface area contributed by atoms with Crippen molar-refractivity contribution < 1.29 is 9.21 Å². The third-order valence-corrected chi connectivity index (χ3v) is 4.14. The average molecular weight is 277 g/mol. The maximum atomic E-state index is 12.4. The number of hydrogen-bond acceptors (Lipinski definition) is 5. The molecule has 100 valence electrons. The SMILES string of the molecule is C[C@@H]1CNCCN1C(=O)c1csc(-c2ccoc2)n1. The molecule has 19 heavy (non-hydrogen) atoms. The molecule has 1 amide bonds. The Labute approximate surface area is 115 Å². The van der Waals surface area contributed by atoms with Gasteiger partial charge in [0, 0.05) is 36.6 Å². The van der Waals surface area contributed by atoms with Crippen molar-refractivity contribution in [3.63, 3.8) is 0 Å². The number of rotatable bonds is 2. The van der Waals surface area contributed by atoms with E-state index in [9.17, 15) is 4.79 Å². The van der Waals surface area contributed by atoms with Crippen LogP contribution in [0.1, 0.15) is 17.4 Å². The molecule has 0 radical (unpaired) electrons. The van der Waals surface area contributed by atoms with Crippen LogP contribution < -0.4 is 5.32 Å². The van der Waals surface area contributed by atoms with Gasteiger partial charge in [-0.2, -0.15) is 0 Å². The van der Waals surface area contributed by atoms with Gasteiger partial charge in [0.25, 0.3) is 5.91 Å². The van der Waals surface area contributed by atoms with E-state index in [1.54, 1.807) is 12.5 Å². The van der Waals surface area contributed by atoms with Gasteiger partial charge in [0.05, 0.1) is 6.26 Å². The summed E-state index contributed by atoms with van der Waals surface area (Å²) in [7, 11) is 0. The highest BCUT2D eigenvalue weighted by atomic mass is 32.1. The zero-order chi connectivity index (χ0) is 13.2. The lowest BCUT2D eigenvalue weighted by molar-refractivity contribution is 0.0650. The maximum absolute atomic E-state index is 12.4. The minimum atomic E-state index is 0.0139. The van der Waals surface area contributed by atoms with Gasteiger partial charge in [-0.05, 0) is 13.0 Å². The van der Waals surface area contributed by atoms with E-state index in [0.717, 1.165) is 30.2 Å². The van der Waals surface area contributed by atoms with Gasteiger partial charge >= 0.3 is 0 Å². The van der Waals surface area contributed by atoms with Crippen molar-refractivity contribution in [2.75, 3.05) is 19.6 Å². The summed E-state index contributed by atoms with van der Waals surface area (Å²) >= 11 is 1.47. The van der Waals surface area contributed by atoms with E-state index >= 15 is 0 Å². The van der Waals surface area contributed by atoms with Gasteiger partial charge in [0.1, 0.15) is 17.0 Å². The molecule has 2 aromatic rings. The molecule has 1 saturated heterocycles. The Morgan fingerprint density at radius 3 is 3.26 bits per heavy atom. The van der Waals surface area contributed by atoms with Crippen molar-refractivity contribution in [3.8, 4) is 10.6 Å². The van der Waals surface area contributed by atoms with E-state index in [0.29, 0.717) is 5.69 Å². The third-order valence-electron chi connectivity index (χ3n) is 3.25. The third kappa shape index (κ3) is 2.41. The Hall–Kier alpha value is -1.66. The smallest absolute Gasteiger partial charge is 0.273 e. The summed E-state index contributed by atoms with van der Waals surface area (Å²) in [6.07, 6.45) is 3.25. The van der Waals surface area contributed by atoms with Gasteiger partial charge < -0.3 is 14.6 Å². The van der Waals surface area contributed by atoms with E-state index in [4.69, 9.17) is 4.42 Å². The number of nitrogens with zero attached hydrogens (tertiary/aromatic N) is 2. The van der Waals surface area contributed by atoms with E-state index in [1.165, 1.54) is 11.3 Å². The predicted octanol–water partition coefficient (Wildman–Crippen LogP) is 1.84. The molecule has 1 aliphatic rings. The second kappa shape index (κ2) is 5.14. The van der Waals surface area contributed by atoms with Gasteiger partial charge in [-0.1, -0.05) is 0 Å². The van der Waals surface area contributed by atoms with Crippen LogP contribution in [0.15, 0.2) is 28.4 Å². The number of carbonyl (C=O) groups excluding carboxylic acids is 1. The van der Waals surface area contributed by atoms with E-state index in [2.05, 4.69) is 10.3 Å². The summed E-state index contributed by atoms with van der Waals surface area (Å²) in [6.45, 7) is 4.46. The number of thiazole rings is 1. The van der Waals surface area contributed by atoms with Crippen LogP contribution in [-0.2, 0) is 0 Å². The molecule has 3 heterocycles. The van der Waals surface area contributed by atoms with Crippen LogP contribution in [-0.4, -0.2) is 41.5 Å². The first-order chi connectivity index (χ1) is 9.25. The summed E-state index contributed by atoms with van der Waals surface area (Å²) in [6, 6.07) is 2.06. The number of amides is 1. The lowest BCUT2D eigenvalue weighted by atomic mass is 10.2. The first-order valence-electron chi connectivity index (χ1n) is 6.25. The van der Waals surface area contributed by atoms with Crippen LogP contribution in [0.25, 0.3) is 10.6 Å². The van der Waals surface area contributed by atoms with E-state index in [1.807, 2.05) is 23.3 Å². The number of aromatic nitrogens is 1. The minimum Gasteiger partial charge on any atom is -0.472 e. The van der Waals surface area contributed by atoms with Crippen LogP contribution in [0.2, 0.25) is 0 Å². The summed E-state index contributed by atoms with van der Waals surface area (Å²) in [5.41, 5.74) is 1.44. The highest BCUT2D eigenvalue weighted by Gasteiger charge is 2.25. The Morgan fingerprint density at radius 2 is 2.53 bits per heavy atom. The second-order valence-corrected chi connectivity index (χ2v) is 5.46. The number of piperazine rings is 1. The molecular weight excluding hydrogens is 262 g/mol. The summed E-state index contributed by atoms with van der Waals surface area (Å²) < 4.78 is 5.04. The summed E-state index contributed by atoms with van der Waals surface area (Å²) in [5.74, 6) is 0.0139. The normalized spacial score (nSPS) is 19.6. The highest BCUT2D eigenvalue weighted by molar-refractivity contribution is 7.13. The molecular formula is C13H15N3O2S. The first kappa shape index (κ1) is 12.4. The first-order valence-corrected chi connectivity index (χ1v) is 7.13. The molecule has 0 unspecified atom stereocenters. The Bertz CT molecular complexity index is 564. The van der Waals surface area contributed by atoms with Crippen molar-refractivity contribution in [3.05, 3.63) is 29.7 Å². The largest absolute Gasteiger partial charge is 0.472 e. The van der Waals surface area contributed by atoms with Crippen LogP contribution in [0.5, 0.6) is 0 Å². The Morgan fingerprint density at radius 1 is 1.63 bits per heavy atom. The molecule has 0 aromatic carbocycles. The predicted molar refractivity (Wildman–Crippen MR) is 73.2 cm³/mol.